The zero-order valence-electron chi connectivity index (χ0n) is 20.3. The van der Waals surface area contributed by atoms with E-state index in [1.54, 1.807) is 0 Å². The van der Waals surface area contributed by atoms with Crippen LogP contribution in [-0.4, -0.2) is 0 Å². The molecule has 0 N–H and O–H groups in total. The van der Waals surface area contributed by atoms with Crippen LogP contribution >= 0.6 is 0 Å². The molecule has 0 fully saturated rings. The standard InChI is InChI=1S/C33H30O/c1-22-6-5-7-28(19-12-22)32-30(26-15-8-23(2)9-16-26)31(27-17-10-24(3)11-18-27)33(34-32)29-20-13-25(4)14-21-29/h5-21,28H,1-4H3. The number of benzene rings is 3. The quantitative estimate of drug-likeness (QED) is 0.307. The molecule has 0 spiro atoms. The molecule has 0 saturated carbocycles. The average molecular weight is 443 g/mol. The molecule has 5 rings (SSSR count). The van der Waals surface area contributed by atoms with Crippen LogP contribution in [-0.2, 0) is 0 Å². The summed E-state index contributed by atoms with van der Waals surface area (Å²) in [6.07, 6.45) is 10.9. The molecule has 1 unspecified atom stereocenters. The number of hydrogen-bond acceptors (Lipinski definition) is 1. The maximum Gasteiger partial charge on any atom is 0.142 e. The van der Waals surface area contributed by atoms with E-state index in [1.807, 2.05) is 0 Å². The van der Waals surface area contributed by atoms with Gasteiger partial charge >= 0.3 is 0 Å². The van der Waals surface area contributed by atoms with Gasteiger partial charge in [-0.3, -0.25) is 0 Å². The van der Waals surface area contributed by atoms with E-state index >= 15 is 0 Å². The van der Waals surface area contributed by atoms with Crippen molar-refractivity contribution in [2.24, 2.45) is 0 Å². The van der Waals surface area contributed by atoms with Crippen molar-refractivity contribution in [3.63, 3.8) is 0 Å². The minimum absolute atomic E-state index is 0.0494. The second-order valence-electron chi connectivity index (χ2n) is 9.32. The van der Waals surface area contributed by atoms with Gasteiger partial charge in [-0.15, -0.1) is 0 Å². The average Bonchev–Trinajstić information content (AvgIpc) is 3.09. The first-order valence-electron chi connectivity index (χ1n) is 11.9. The van der Waals surface area contributed by atoms with Gasteiger partial charge in [0, 0.05) is 16.7 Å². The molecular weight excluding hydrogens is 412 g/mol. The largest absolute Gasteiger partial charge is 0.459 e. The van der Waals surface area contributed by atoms with E-state index in [-0.39, 0.29) is 5.92 Å². The number of aryl methyl sites for hydroxylation is 3. The summed E-state index contributed by atoms with van der Waals surface area (Å²) in [5.74, 6) is 1.95. The Balaban J connectivity index is 1.83. The van der Waals surface area contributed by atoms with Crippen LogP contribution in [0.1, 0.15) is 35.3 Å². The van der Waals surface area contributed by atoms with Gasteiger partial charge in [-0.05, 0) is 38.8 Å². The molecule has 3 aromatic carbocycles. The van der Waals surface area contributed by atoms with Gasteiger partial charge in [0.25, 0.3) is 0 Å². The molecule has 1 aliphatic rings. The zero-order chi connectivity index (χ0) is 23.7. The molecule has 1 aromatic heterocycles. The van der Waals surface area contributed by atoms with E-state index in [0.717, 1.165) is 22.6 Å². The molecule has 0 saturated heterocycles. The van der Waals surface area contributed by atoms with Crippen LogP contribution in [0, 0.1) is 20.8 Å². The van der Waals surface area contributed by atoms with Gasteiger partial charge in [0.15, 0.2) is 0 Å². The molecule has 1 aliphatic carbocycles. The van der Waals surface area contributed by atoms with Gasteiger partial charge in [-0.2, -0.15) is 0 Å². The summed E-state index contributed by atoms with van der Waals surface area (Å²) in [4.78, 5) is 0. The summed E-state index contributed by atoms with van der Waals surface area (Å²) < 4.78 is 6.85. The Hall–Kier alpha value is -3.84. The van der Waals surface area contributed by atoms with Crippen molar-refractivity contribution >= 4 is 0 Å². The third-order valence-corrected chi connectivity index (χ3v) is 6.48. The molecule has 1 nitrogen and oxygen atoms in total. The fourth-order valence-corrected chi connectivity index (χ4v) is 4.47. The molecule has 1 atom stereocenters. The first-order valence-corrected chi connectivity index (χ1v) is 11.9. The van der Waals surface area contributed by atoms with Crippen LogP contribution in [0.2, 0.25) is 0 Å². The Morgan fingerprint density at radius 3 is 1.62 bits per heavy atom. The highest BCUT2D eigenvalue weighted by molar-refractivity contribution is 5.94. The molecule has 34 heavy (non-hydrogen) atoms. The second kappa shape index (κ2) is 9.19. The third-order valence-electron chi connectivity index (χ3n) is 6.48. The molecule has 0 bridgehead atoms. The van der Waals surface area contributed by atoms with E-state index in [4.69, 9.17) is 4.42 Å². The summed E-state index contributed by atoms with van der Waals surface area (Å²) in [6, 6.07) is 26.2. The van der Waals surface area contributed by atoms with Crippen molar-refractivity contribution in [3.05, 3.63) is 131 Å². The summed E-state index contributed by atoms with van der Waals surface area (Å²) in [5.41, 5.74) is 10.7. The minimum atomic E-state index is 0.0494. The van der Waals surface area contributed by atoms with Gasteiger partial charge in [-0.1, -0.05) is 125 Å². The highest BCUT2D eigenvalue weighted by Gasteiger charge is 2.27. The van der Waals surface area contributed by atoms with Gasteiger partial charge in [0.05, 0.1) is 5.92 Å². The maximum atomic E-state index is 6.85. The highest BCUT2D eigenvalue weighted by Crippen LogP contribution is 2.47. The molecule has 168 valence electrons. The fraction of sp³-hybridized carbons (Fsp3) is 0.152. The van der Waals surface area contributed by atoms with Crippen LogP contribution in [0.25, 0.3) is 33.6 Å². The number of allylic oxidation sites excluding steroid dienone is 6. The normalized spacial score (nSPS) is 15.3. The summed E-state index contributed by atoms with van der Waals surface area (Å²) in [6.45, 7) is 8.50. The first kappa shape index (κ1) is 22.0. The molecular formula is C33H30O. The predicted octanol–water partition coefficient (Wildman–Crippen LogP) is 9.36. The maximum absolute atomic E-state index is 6.85. The van der Waals surface area contributed by atoms with E-state index in [0.29, 0.717) is 0 Å². The van der Waals surface area contributed by atoms with Crippen molar-refractivity contribution in [2.75, 3.05) is 0 Å². The fourth-order valence-electron chi connectivity index (χ4n) is 4.47. The van der Waals surface area contributed by atoms with Crippen LogP contribution in [0.15, 0.2) is 113 Å². The zero-order valence-corrected chi connectivity index (χ0v) is 20.3. The number of hydrogen-bond donors (Lipinski definition) is 0. The highest BCUT2D eigenvalue weighted by atomic mass is 16.3. The van der Waals surface area contributed by atoms with Crippen molar-refractivity contribution < 1.29 is 4.42 Å². The van der Waals surface area contributed by atoms with Crippen molar-refractivity contribution in [1.82, 2.24) is 0 Å². The van der Waals surface area contributed by atoms with Crippen molar-refractivity contribution in [2.45, 2.75) is 33.6 Å². The SMILES string of the molecule is CC1=CC=CC(c2oc(-c3ccc(C)cc3)c(-c3ccc(C)cc3)c2-c2ccc(C)cc2)C=C1. The summed E-state index contributed by atoms with van der Waals surface area (Å²) in [7, 11) is 0. The van der Waals surface area contributed by atoms with Gasteiger partial charge in [-0.25, -0.2) is 0 Å². The van der Waals surface area contributed by atoms with Crippen LogP contribution in [0.5, 0.6) is 0 Å². The lowest BCUT2D eigenvalue weighted by Crippen LogP contribution is -1.93. The Labute approximate surface area is 202 Å². The van der Waals surface area contributed by atoms with Crippen molar-refractivity contribution in [1.29, 1.82) is 0 Å². The Morgan fingerprint density at radius 2 is 1.06 bits per heavy atom. The monoisotopic (exact) mass is 442 g/mol. The first-order chi connectivity index (χ1) is 16.5. The lowest BCUT2D eigenvalue weighted by atomic mass is 9.89. The van der Waals surface area contributed by atoms with Crippen LogP contribution in [0.4, 0.5) is 0 Å². The molecule has 0 amide bonds. The summed E-state index contributed by atoms with van der Waals surface area (Å²) in [5, 5.41) is 0. The van der Waals surface area contributed by atoms with Gasteiger partial charge < -0.3 is 4.42 Å². The van der Waals surface area contributed by atoms with Crippen LogP contribution < -0.4 is 0 Å². The number of furan rings is 1. The predicted molar refractivity (Wildman–Crippen MR) is 144 cm³/mol. The lowest BCUT2D eigenvalue weighted by Gasteiger charge is -2.11. The second-order valence-corrected chi connectivity index (χ2v) is 9.32. The van der Waals surface area contributed by atoms with Crippen molar-refractivity contribution in [3.8, 4) is 33.6 Å². The Morgan fingerprint density at radius 1 is 0.559 bits per heavy atom. The van der Waals surface area contributed by atoms with Gasteiger partial charge in [0.2, 0.25) is 0 Å². The van der Waals surface area contributed by atoms with E-state index < -0.39 is 0 Å². The molecule has 0 aliphatic heterocycles. The number of rotatable bonds is 4. The lowest BCUT2D eigenvalue weighted by molar-refractivity contribution is 0.524. The molecule has 1 heterocycles. The van der Waals surface area contributed by atoms with E-state index in [9.17, 15) is 0 Å². The molecule has 1 heteroatoms. The Bertz CT molecular complexity index is 1390. The third kappa shape index (κ3) is 4.34. The smallest absolute Gasteiger partial charge is 0.142 e. The topological polar surface area (TPSA) is 13.1 Å². The van der Waals surface area contributed by atoms with Crippen LogP contribution in [0.3, 0.4) is 0 Å². The summed E-state index contributed by atoms with van der Waals surface area (Å²) >= 11 is 0. The minimum Gasteiger partial charge on any atom is -0.459 e. The van der Waals surface area contributed by atoms with Gasteiger partial charge in [0.1, 0.15) is 11.5 Å². The van der Waals surface area contributed by atoms with E-state index in [2.05, 4.69) is 131 Å². The molecule has 4 aromatic rings. The molecule has 0 radical (unpaired) electrons. The van der Waals surface area contributed by atoms with E-state index in [1.165, 1.54) is 39.0 Å². The Kier molecular flexibility index (Phi) is 5.94.